The summed E-state index contributed by atoms with van der Waals surface area (Å²) in [6, 6.07) is 19.2. The molecular formula is C28H31N3O5S. The Morgan fingerprint density at radius 1 is 0.946 bits per heavy atom. The Balaban J connectivity index is 1.49. The quantitative estimate of drug-likeness (QED) is 0.507. The fraction of sp³-hybridized carbons (Fsp3) is 0.286. The highest BCUT2D eigenvalue weighted by Crippen LogP contribution is 2.24. The molecule has 1 saturated heterocycles. The van der Waals surface area contributed by atoms with Crippen molar-refractivity contribution in [2.45, 2.75) is 20.4 Å². The summed E-state index contributed by atoms with van der Waals surface area (Å²) in [5.74, 6) is -0.510. The first-order valence-electron chi connectivity index (χ1n) is 12.0. The summed E-state index contributed by atoms with van der Waals surface area (Å²) < 4.78 is 31.7. The number of nitrogens with one attached hydrogen (secondary N) is 1. The minimum absolute atomic E-state index is 0.139. The van der Waals surface area contributed by atoms with Crippen LogP contribution in [-0.2, 0) is 21.3 Å². The number of anilines is 2. The Hall–Kier alpha value is -3.69. The number of sulfonamides is 1. The highest BCUT2D eigenvalue weighted by molar-refractivity contribution is 7.92. The second kappa shape index (κ2) is 11.1. The predicted molar refractivity (Wildman–Crippen MR) is 145 cm³/mol. The zero-order chi connectivity index (χ0) is 26.6. The van der Waals surface area contributed by atoms with Gasteiger partial charge in [-0.3, -0.25) is 13.9 Å². The molecule has 0 unspecified atom stereocenters. The summed E-state index contributed by atoms with van der Waals surface area (Å²) in [5, 5.41) is 2.84. The number of ether oxygens (including phenoxy) is 1. The van der Waals surface area contributed by atoms with E-state index in [1.165, 1.54) is 10.6 Å². The van der Waals surface area contributed by atoms with Gasteiger partial charge in [-0.15, -0.1) is 0 Å². The average molecular weight is 522 g/mol. The second-order valence-corrected chi connectivity index (χ2v) is 11.0. The standard InChI is InChI=1S/C28H31N3O5S/c1-20-8-13-24(18-21(20)2)31(37(3,34)35)19-22-9-11-23(12-10-22)27(32)29-26-7-5-4-6-25(26)28(33)30-14-16-36-17-15-30/h4-13,18H,14-17,19H2,1-3H3,(H,29,32). The summed E-state index contributed by atoms with van der Waals surface area (Å²) in [6.45, 7) is 6.06. The molecule has 3 aromatic rings. The summed E-state index contributed by atoms with van der Waals surface area (Å²) in [4.78, 5) is 27.7. The van der Waals surface area contributed by atoms with Gasteiger partial charge in [0.1, 0.15) is 0 Å². The monoisotopic (exact) mass is 521 g/mol. The Morgan fingerprint density at radius 2 is 1.62 bits per heavy atom. The van der Waals surface area contributed by atoms with Crippen LogP contribution in [0.2, 0.25) is 0 Å². The number of carbonyl (C=O) groups excluding carboxylic acids is 2. The minimum Gasteiger partial charge on any atom is -0.378 e. The van der Waals surface area contributed by atoms with Crippen LogP contribution in [0.1, 0.15) is 37.4 Å². The number of morpholine rings is 1. The predicted octanol–water partition coefficient (Wildman–Crippen LogP) is 3.99. The van der Waals surface area contributed by atoms with Crippen LogP contribution in [0.3, 0.4) is 0 Å². The molecule has 0 atom stereocenters. The van der Waals surface area contributed by atoms with E-state index >= 15 is 0 Å². The van der Waals surface area contributed by atoms with Crippen molar-refractivity contribution in [1.29, 1.82) is 0 Å². The lowest BCUT2D eigenvalue weighted by atomic mass is 10.1. The third kappa shape index (κ3) is 6.36. The van der Waals surface area contributed by atoms with Crippen LogP contribution in [0.4, 0.5) is 11.4 Å². The van der Waals surface area contributed by atoms with E-state index in [2.05, 4.69) is 5.32 Å². The normalized spacial score (nSPS) is 13.8. The third-order valence-corrected chi connectivity index (χ3v) is 7.57. The third-order valence-electron chi connectivity index (χ3n) is 6.43. The smallest absolute Gasteiger partial charge is 0.256 e. The Bertz CT molecular complexity index is 1400. The van der Waals surface area contributed by atoms with Crippen molar-refractivity contribution < 1.29 is 22.7 Å². The Labute approximate surface area is 217 Å². The van der Waals surface area contributed by atoms with Crippen LogP contribution in [0.25, 0.3) is 0 Å². The van der Waals surface area contributed by atoms with Crippen molar-refractivity contribution in [3.05, 3.63) is 94.5 Å². The molecule has 194 valence electrons. The number of carbonyl (C=O) groups is 2. The topological polar surface area (TPSA) is 96.0 Å². The van der Waals surface area contributed by atoms with E-state index in [4.69, 9.17) is 4.74 Å². The van der Waals surface area contributed by atoms with Crippen molar-refractivity contribution in [1.82, 2.24) is 4.90 Å². The molecule has 0 bridgehead atoms. The molecule has 0 aromatic heterocycles. The molecule has 9 heteroatoms. The van der Waals surface area contributed by atoms with Crippen molar-refractivity contribution in [2.75, 3.05) is 42.2 Å². The van der Waals surface area contributed by atoms with E-state index in [0.29, 0.717) is 48.8 Å². The molecule has 1 fully saturated rings. The molecule has 0 spiro atoms. The molecule has 0 radical (unpaired) electrons. The van der Waals surface area contributed by atoms with Gasteiger partial charge in [0.05, 0.1) is 43.0 Å². The highest BCUT2D eigenvalue weighted by Gasteiger charge is 2.22. The Morgan fingerprint density at radius 3 is 2.27 bits per heavy atom. The van der Waals surface area contributed by atoms with Gasteiger partial charge in [0, 0.05) is 18.7 Å². The van der Waals surface area contributed by atoms with Gasteiger partial charge in [-0.25, -0.2) is 8.42 Å². The Kier molecular flexibility index (Phi) is 7.94. The van der Waals surface area contributed by atoms with Crippen LogP contribution in [0, 0.1) is 13.8 Å². The fourth-order valence-corrected chi connectivity index (χ4v) is 5.00. The number of benzene rings is 3. The largest absolute Gasteiger partial charge is 0.378 e. The maximum atomic E-state index is 13.0. The fourth-order valence-electron chi connectivity index (χ4n) is 4.12. The van der Waals surface area contributed by atoms with Gasteiger partial charge >= 0.3 is 0 Å². The molecule has 8 nitrogen and oxygen atoms in total. The lowest BCUT2D eigenvalue weighted by Crippen LogP contribution is -2.41. The summed E-state index contributed by atoms with van der Waals surface area (Å²) >= 11 is 0. The molecule has 1 heterocycles. The van der Waals surface area contributed by atoms with Crippen molar-refractivity contribution in [2.24, 2.45) is 0 Å². The van der Waals surface area contributed by atoms with Crippen LogP contribution < -0.4 is 9.62 Å². The van der Waals surface area contributed by atoms with Gasteiger partial charge < -0.3 is 15.0 Å². The number of rotatable bonds is 7. The maximum Gasteiger partial charge on any atom is 0.256 e. The van der Waals surface area contributed by atoms with Crippen molar-refractivity contribution in [3.63, 3.8) is 0 Å². The number of amides is 2. The molecular weight excluding hydrogens is 490 g/mol. The van der Waals surface area contributed by atoms with Crippen molar-refractivity contribution >= 4 is 33.2 Å². The maximum absolute atomic E-state index is 13.0. The summed E-state index contributed by atoms with van der Waals surface area (Å²) in [6.07, 6.45) is 1.18. The van der Waals surface area contributed by atoms with Crippen LogP contribution in [0.5, 0.6) is 0 Å². The van der Waals surface area contributed by atoms with E-state index in [1.807, 2.05) is 26.0 Å². The molecule has 0 aliphatic carbocycles. The molecule has 1 aliphatic rings. The van der Waals surface area contributed by atoms with Crippen molar-refractivity contribution in [3.8, 4) is 0 Å². The van der Waals surface area contributed by atoms with Crippen LogP contribution >= 0.6 is 0 Å². The zero-order valence-corrected chi connectivity index (χ0v) is 22.0. The number of nitrogens with zero attached hydrogens (tertiary/aromatic N) is 2. The van der Waals surface area contributed by atoms with Gasteiger partial charge in [0.25, 0.3) is 11.8 Å². The molecule has 2 amide bonds. The molecule has 0 saturated carbocycles. The molecule has 4 rings (SSSR count). The molecule has 3 aromatic carbocycles. The number of hydrogen-bond acceptors (Lipinski definition) is 5. The van der Waals surface area contributed by atoms with Crippen LogP contribution in [0.15, 0.2) is 66.7 Å². The number of aryl methyl sites for hydroxylation is 2. The molecule has 1 aliphatic heterocycles. The summed E-state index contributed by atoms with van der Waals surface area (Å²) in [7, 11) is -3.52. The van der Waals surface area contributed by atoms with Crippen LogP contribution in [-0.4, -0.2) is 57.7 Å². The molecule has 37 heavy (non-hydrogen) atoms. The minimum atomic E-state index is -3.52. The zero-order valence-electron chi connectivity index (χ0n) is 21.2. The van der Waals surface area contributed by atoms with Gasteiger partial charge in [-0.1, -0.05) is 30.3 Å². The lowest BCUT2D eigenvalue weighted by molar-refractivity contribution is 0.0303. The SMILES string of the molecule is Cc1ccc(N(Cc2ccc(C(=O)Nc3ccccc3C(=O)N3CCOCC3)cc2)S(C)(=O)=O)cc1C. The van der Waals surface area contributed by atoms with Gasteiger partial charge in [-0.05, 0) is 66.9 Å². The van der Waals surface area contributed by atoms with E-state index in [1.54, 1.807) is 59.5 Å². The molecule has 1 N–H and O–H groups in total. The van der Waals surface area contributed by atoms with E-state index in [-0.39, 0.29) is 18.4 Å². The van der Waals surface area contributed by atoms with E-state index in [9.17, 15) is 18.0 Å². The highest BCUT2D eigenvalue weighted by atomic mass is 32.2. The first-order chi connectivity index (χ1) is 17.6. The van der Waals surface area contributed by atoms with E-state index < -0.39 is 10.0 Å². The lowest BCUT2D eigenvalue weighted by Gasteiger charge is -2.27. The first-order valence-corrected chi connectivity index (χ1v) is 13.9. The number of hydrogen-bond donors (Lipinski definition) is 1. The summed E-state index contributed by atoms with van der Waals surface area (Å²) in [5.41, 5.74) is 4.68. The number of para-hydroxylation sites is 1. The van der Waals surface area contributed by atoms with E-state index in [0.717, 1.165) is 16.7 Å². The van der Waals surface area contributed by atoms with Gasteiger partial charge in [-0.2, -0.15) is 0 Å². The first kappa shape index (κ1) is 26.4. The van der Waals surface area contributed by atoms with Gasteiger partial charge in [0.2, 0.25) is 10.0 Å². The van der Waals surface area contributed by atoms with Gasteiger partial charge in [0.15, 0.2) is 0 Å². The average Bonchev–Trinajstić information content (AvgIpc) is 2.89. The second-order valence-electron chi connectivity index (χ2n) is 9.14.